The molecule has 0 aliphatic rings. The highest BCUT2D eigenvalue weighted by atomic mass is 16.6. The molecule has 7 nitrogen and oxygen atoms in total. The fourth-order valence-electron chi connectivity index (χ4n) is 4.61. The minimum Gasteiger partial charge on any atom is -0.444 e. The number of rotatable bonds is 7. The fourth-order valence-corrected chi connectivity index (χ4v) is 4.61. The van der Waals surface area contributed by atoms with Crippen LogP contribution in [0.4, 0.5) is 10.6 Å². The van der Waals surface area contributed by atoms with Crippen molar-refractivity contribution in [1.29, 1.82) is 0 Å². The molecule has 39 heavy (non-hydrogen) atoms. The van der Waals surface area contributed by atoms with Crippen LogP contribution >= 0.6 is 0 Å². The predicted molar refractivity (Wildman–Crippen MR) is 153 cm³/mol. The molecule has 200 valence electrons. The van der Waals surface area contributed by atoms with E-state index in [1.54, 1.807) is 33.0 Å². The quantitative estimate of drug-likeness (QED) is 0.292. The Morgan fingerprint density at radius 1 is 0.795 bits per heavy atom. The standard InChI is InChI=1S/C32H34N4O3/c1-21-18-33-19-22(2)27(21)25-16-17-26(34-20-25)35-30(37)29(36-31(38)39-32(3,4)5)28(23-12-8-6-9-13-23)24-14-10-7-11-15-24/h6-20,28-29H,1-5H3,(H,36,38)(H,34,35,37)/t29-/m0/s1. The summed E-state index contributed by atoms with van der Waals surface area (Å²) in [4.78, 5) is 35.5. The number of nitrogens with zero attached hydrogens (tertiary/aromatic N) is 2. The van der Waals surface area contributed by atoms with Crippen LogP contribution in [0.1, 0.15) is 48.9 Å². The van der Waals surface area contributed by atoms with E-state index < -0.39 is 29.6 Å². The van der Waals surface area contributed by atoms with Crippen molar-refractivity contribution in [3.05, 3.63) is 114 Å². The van der Waals surface area contributed by atoms with Crippen molar-refractivity contribution < 1.29 is 14.3 Å². The van der Waals surface area contributed by atoms with Crippen molar-refractivity contribution in [2.24, 2.45) is 0 Å². The van der Waals surface area contributed by atoms with Crippen LogP contribution in [0.3, 0.4) is 0 Å². The molecular weight excluding hydrogens is 488 g/mol. The average Bonchev–Trinajstić information content (AvgIpc) is 2.89. The minimum absolute atomic E-state index is 0.379. The van der Waals surface area contributed by atoms with E-state index in [9.17, 15) is 9.59 Å². The second-order valence-electron chi connectivity index (χ2n) is 10.5. The molecule has 2 N–H and O–H groups in total. The van der Waals surface area contributed by atoms with Crippen LogP contribution in [0, 0.1) is 13.8 Å². The SMILES string of the molecule is Cc1cncc(C)c1-c1ccc(NC(=O)[C@@H](NC(=O)OC(C)(C)C)C(c2ccccc2)c2ccccc2)nc1. The summed E-state index contributed by atoms with van der Waals surface area (Å²) in [6.45, 7) is 9.36. The Labute approximate surface area is 229 Å². The second kappa shape index (κ2) is 11.9. The van der Waals surface area contributed by atoms with Crippen LogP contribution in [-0.2, 0) is 9.53 Å². The summed E-state index contributed by atoms with van der Waals surface area (Å²) in [6.07, 6.45) is 4.69. The number of hydrogen-bond acceptors (Lipinski definition) is 5. The Morgan fingerprint density at radius 3 is 1.85 bits per heavy atom. The molecule has 0 spiro atoms. The zero-order chi connectivity index (χ0) is 28.0. The predicted octanol–water partition coefficient (Wildman–Crippen LogP) is 6.42. The molecule has 7 heteroatoms. The van der Waals surface area contributed by atoms with Crippen molar-refractivity contribution in [2.45, 2.75) is 52.2 Å². The minimum atomic E-state index is -0.976. The number of nitrogens with one attached hydrogen (secondary N) is 2. The van der Waals surface area contributed by atoms with Gasteiger partial charge < -0.3 is 15.4 Å². The lowest BCUT2D eigenvalue weighted by Crippen LogP contribution is -2.49. The molecule has 0 aliphatic heterocycles. The Balaban J connectivity index is 1.67. The van der Waals surface area contributed by atoms with E-state index >= 15 is 0 Å². The van der Waals surface area contributed by atoms with Gasteiger partial charge in [-0.05, 0) is 74.6 Å². The lowest BCUT2D eigenvalue weighted by Gasteiger charge is -2.29. The Kier molecular flexibility index (Phi) is 8.39. The highest BCUT2D eigenvalue weighted by molar-refractivity contribution is 5.97. The highest BCUT2D eigenvalue weighted by Gasteiger charge is 2.34. The number of alkyl carbamates (subject to hydrolysis) is 1. The summed E-state index contributed by atoms with van der Waals surface area (Å²) in [5, 5.41) is 5.74. The zero-order valence-corrected chi connectivity index (χ0v) is 22.9. The molecular formula is C32H34N4O3. The third-order valence-electron chi connectivity index (χ3n) is 6.23. The van der Waals surface area contributed by atoms with Gasteiger partial charge in [0.2, 0.25) is 5.91 Å². The Morgan fingerprint density at radius 2 is 1.36 bits per heavy atom. The van der Waals surface area contributed by atoms with Crippen molar-refractivity contribution in [2.75, 3.05) is 5.32 Å². The number of carbonyl (C=O) groups is 2. The van der Waals surface area contributed by atoms with Crippen molar-refractivity contribution in [3.63, 3.8) is 0 Å². The third-order valence-corrected chi connectivity index (χ3v) is 6.23. The molecule has 2 aromatic heterocycles. The van der Waals surface area contributed by atoms with E-state index in [4.69, 9.17) is 4.74 Å². The number of hydrogen-bond donors (Lipinski definition) is 2. The zero-order valence-electron chi connectivity index (χ0n) is 22.9. The molecule has 0 saturated carbocycles. The van der Waals surface area contributed by atoms with Gasteiger partial charge in [-0.3, -0.25) is 9.78 Å². The van der Waals surface area contributed by atoms with Gasteiger partial charge in [0.25, 0.3) is 0 Å². The van der Waals surface area contributed by atoms with E-state index in [-0.39, 0.29) is 0 Å². The maximum absolute atomic E-state index is 13.8. The summed E-state index contributed by atoms with van der Waals surface area (Å²) in [6, 6.07) is 22.0. The van der Waals surface area contributed by atoms with E-state index in [2.05, 4.69) is 20.6 Å². The summed E-state index contributed by atoms with van der Waals surface area (Å²) in [5.74, 6) is -0.500. The number of amides is 2. The molecule has 0 fully saturated rings. The number of carbonyl (C=O) groups excluding carboxylic acids is 2. The third kappa shape index (κ3) is 7.08. The fraction of sp³-hybridized carbons (Fsp3) is 0.250. The summed E-state index contributed by atoms with van der Waals surface area (Å²) >= 11 is 0. The lowest BCUT2D eigenvalue weighted by atomic mass is 9.84. The number of anilines is 1. The number of pyridine rings is 2. The maximum Gasteiger partial charge on any atom is 0.408 e. The number of aryl methyl sites for hydroxylation is 2. The van der Waals surface area contributed by atoms with Gasteiger partial charge >= 0.3 is 6.09 Å². The van der Waals surface area contributed by atoms with Crippen LogP contribution in [-0.4, -0.2) is 33.6 Å². The van der Waals surface area contributed by atoms with E-state index in [0.29, 0.717) is 5.82 Å². The van der Waals surface area contributed by atoms with Gasteiger partial charge in [0.15, 0.2) is 0 Å². The molecule has 2 heterocycles. The van der Waals surface area contributed by atoms with Crippen molar-refractivity contribution in [3.8, 4) is 11.1 Å². The molecule has 0 unspecified atom stereocenters. The van der Waals surface area contributed by atoms with Gasteiger partial charge in [-0.25, -0.2) is 9.78 Å². The molecule has 2 amide bonds. The first-order chi connectivity index (χ1) is 18.6. The number of benzene rings is 2. The Bertz CT molecular complexity index is 1360. The van der Waals surface area contributed by atoms with Gasteiger partial charge in [-0.15, -0.1) is 0 Å². The molecule has 0 radical (unpaired) electrons. The molecule has 0 bridgehead atoms. The maximum atomic E-state index is 13.8. The van der Waals surface area contributed by atoms with Crippen LogP contribution in [0.15, 0.2) is 91.4 Å². The first-order valence-corrected chi connectivity index (χ1v) is 12.9. The molecule has 4 aromatic rings. The summed E-state index contributed by atoms with van der Waals surface area (Å²) < 4.78 is 5.53. The smallest absolute Gasteiger partial charge is 0.408 e. The van der Waals surface area contributed by atoms with E-state index in [1.807, 2.05) is 93.0 Å². The van der Waals surface area contributed by atoms with Crippen LogP contribution in [0.25, 0.3) is 11.1 Å². The van der Waals surface area contributed by atoms with Crippen LogP contribution < -0.4 is 10.6 Å². The second-order valence-corrected chi connectivity index (χ2v) is 10.5. The Hall–Kier alpha value is -4.52. The average molecular weight is 523 g/mol. The summed E-state index contributed by atoms with van der Waals surface area (Å²) in [7, 11) is 0. The van der Waals surface area contributed by atoms with Crippen molar-refractivity contribution in [1.82, 2.24) is 15.3 Å². The van der Waals surface area contributed by atoms with Gasteiger partial charge in [-0.2, -0.15) is 0 Å². The van der Waals surface area contributed by atoms with Gasteiger partial charge in [0.1, 0.15) is 17.5 Å². The molecule has 4 rings (SSSR count). The van der Waals surface area contributed by atoms with Crippen LogP contribution in [0.2, 0.25) is 0 Å². The molecule has 2 aromatic carbocycles. The first kappa shape index (κ1) is 27.5. The van der Waals surface area contributed by atoms with E-state index in [0.717, 1.165) is 33.4 Å². The van der Waals surface area contributed by atoms with Gasteiger partial charge in [-0.1, -0.05) is 60.7 Å². The number of ether oxygens (including phenoxy) is 1. The van der Waals surface area contributed by atoms with Crippen molar-refractivity contribution >= 4 is 17.8 Å². The molecule has 1 atom stereocenters. The number of aromatic nitrogens is 2. The first-order valence-electron chi connectivity index (χ1n) is 12.9. The highest BCUT2D eigenvalue weighted by Crippen LogP contribution is 2.30. The molecule has 0 saturated heterocycles. The largest absolute Gasteiger partial charge is 0.444 e. The monoisotopic (exact) mass is 522 g/mol. The van der Waals surface area contributed by atoms with Crippen LogP contribution in [0.5, 0.6) is 0 Å². The topological polar surface area (TPSA) is 93.2 Å². The lowest BCUT2D eigenvalue weighted by molar-refractivity contribution is -0.118. The normalized spacial score (nSPS) is 12.1. The molecule has 0 aliphatic carbocycles. The summed E-state index contributed by atoms with van der Waals surface area (Å²) in [5.41, 5.74) is 5.13. The van der Waals surface area contributed by atoms with Gasteiger partial charge in [0, 0.05) is 30.1 Å². The van der Waals surface area contributed by atoms with E-state index in [1.165, 1.54) is 0 Å². The van der Waals surface area contributed by atoms with Gasteiger partial charge in [0.05, 0.1) is 0 Å².